The molecule has 0 spiro atoms. The van der Waals surface area contributed by atoms with Crippen LogP contribution in [0, 0.1) is 0 Å². The van der Waals surface area contributed by atoms with E-state index in [1.807, 2.05) is 12.1 Å². The van der Waals surface area contributed by atoms with Gasteiger partial charge in [-0.3, -0.25) is 4.90 Å². The summed E-state index contributed by atoms with van der Waals surface area (Å²) in [6, 6.07) is 8.24. The van der Waals surface area contributed by atoms with Crippen LogP contribution in [0.25, 0.3) is 0 Å². The van der Waals surface area contributed by atoms with E-state index in [0.717, 1.165) is 83.6 Å². The van der Waals surface area contributed by atoms with E-state index in [1.165, 1.54) is 5.56 Å². The van der Waals surface area contributed by atoms with E-state index < -0.39 is 0 Å². The highest BCUT2D eigenvalue weighted by Gasteiger charge is 2.09. The Labute approximate surface area is 199 Å². The zero-order valence-corrected chi connectivity index (χ0v) is 21.2. The zero-order chi connectivity index (χ0) is 20.7. The lowest BCUT2D eigenvalue weighted by Gasteiger charge is -2.26. The average molecular weight is 533 g/mol. The third-order valence-corrected chi connectivity index (χ3v) is 4.75. The van der Waals surface area contributed by atoms with Gasteiger partial charge in [0, 0.05) is 32.7 Å². The van der Waals surface area contributed by atoms with E-state index in [2.05, 4.69) is 53.6 Å². The number of nitrogens with one attached hydrogen (secondary N) is 2. The van der Waals surface area contributed by atoms with Crippen LogP contribution in [0.2, 0.25) is 0 Å². The summed E-state index contributed by atoms with van der Waals surface area (Å²) in [6.45, 7) is 11.2. The molecule has 2 N–H and O–H groups in total. The number of guanidine groups is 1. The van der Waals surface area contributed by atoms with E-state index >= 15 is 0 Å². The number of morpholine rings is 1. The molecule has 7 nitrogen and oxygen atoms in total. The number of hydrogen-bond acceptors (Lipinski definition) is 5. The fourth-order valence-corrected chi connectivity index (χ4v) is 3.11. The first-order chi connectivity index (χ1) is 14.2. The van der Waals surface area contributed by atoms with Gasteiger partial charge in [0.1, 0.15) is 5.75 Å². The van der Waals surface area contributed by atoms with Crippen LogP contribution in [0.1, 0.15) is 25.3 Å². The second kappa shape index (κ2) is 16.6. The monoisotopic (exact) mass is 533 g/mol. The minimum absolute atomic E-state index is 0. The van der Waals surface area contributed by atoms with Crippen molar-refractivity contribution in [3.05, 3.63) is 29.8 Å². The summed E-state index contributed by atoms with van der Waals surface area (Å²) in [5.41, 5.74) is 1.18. The molecule has 0 bridgehead atoms. The molecule has 0 unspecified atom stereocenters. The van der Waals surface area contributed by atoms with E-state index in [9.17, 15) is 0 Å². The predicted molar refractivity (Wildman–Crippen MR) is 135 cm³/mol. The summed E-state index contributed by atoms with van der Waals surface area (Å²) in [6.07, 6.45) is 2.13. The lowest BCUT2D eigenvalue weighted by atomic mass is 10.2. The van der Waals surface area contributed by atoms with Gasteiger partial charge >= 0.3 is 0 Å². The Kier molecular flexibility index (Phi) is 14.9. The van der Waals surface area contributed by atoms with Crippen LogP contribution in [-0.4, -0.2) is 88.9 Å². The number of nitrogens with zero attached hydrogens (tertiary/aromatic N) is 3. The van der Waals surface area contributed by atoms with Gasteiger partial charge in [-0.1, -0.05) is 12.1 Å². The normalized spacial score (nSPS) is 15.0. The minimum Gasteiger partial charge on any atom is -0.494 e. The van der Waals surface area contributed by atoms with Crippen molar-refractivity contribution in [1.82, 2.24) is 20.4 Å². The molecule has 0 amide bonds. The Hall–Kier alpha value is -1.10. The van der Waals surface area contributed by atoms with Gasteiger partial charge in [0.25, 0.3) is 0 Å². The largest absolute Gasteiger partial charge is 0.494 e. The van der Waals surface area contributed by atoms with E-state index in [0.29, 0.717) is 6.54 Å². The molecule has 8 heteroatoms. The second-order valence-corrected chi connectivity index (χ2v) is 7.58. The number of hydrogen-bond donors (Lipinski definition) is 2. The van der Waals surface area contributed by atoms with Crippen LogP contribution in [0.4, 0.5) is 0 Å². The van der Waals surface area contributed by atoms with Crippen molar-refractivity contribution in [2.24, 2.45) is 4.99 Å². The molecule has 0 saturated carbocycles. The fourth-order valence-electron chi connectivity index (χ4n) is 3.11. The molecule has 0 aromatic heterocycles. The van der Waals surface area contributed by atoms with Gasteiger partial charge in [-0.15, -0.1) is 24.0 Å². The lowest BCUT2D eigenvalue weighted by Crippen LogP contribution is -2.40. The van der Waals surface area contributed by atoms with Crippen LogP contribution in [-0.2, 0) is 11.3 Å². The molecule has 1 aliphatic rings. The molecule has 1 saturated heterocycles. The van der Waals surface area contributed by atoms with Gasteiger partial charge in [0.05, 0.1) is 26.4 Å². The van der Waals surface area contributed by atoms with Gasteiger partial charge < -0.3 is 25.0 Å². The van der Waals surface area contributed by atoms with Gasteiger partial charge in [-0.25, -0.2) is 4.99 Å². The third-order valence-electron chi connectivity index (χ3n) is 4.75. The molecule has 1 aliphatic heterocycles. The SMILES string of the molecule is CCNC(=NCc1ccc(OCCCN(C)C)cc1)NCCCN1CCOCC1.I. The Morgan fingerprint density at radius 3 is 2.53 bits per heavy atom. The Balaban J connectivity index is 0.00000450. The summed E-state index contributed by atoms with van der Waals surface area (Å²) in [7, 11) is 4.16. The maximum atomic E-state index is 5.79. The first-order valence-electron chi connectivity index (χ1n) is 10.9. The van der Waals surface area contributed by atoms with Gasteiger partial charge in [0.2, 0.25) is 0 Å². The van der Waals surface area contributed by atoms with Crippen molar-refractivity contribution in [3.8, 4) is 5.75 Å². The van der Waals surface area contributed by atoms with E-state index in [1.54, 1.807) is 0 Å². The quantitative estimate of drug-likeness (QED) is 0.186. The highest BCUT2D eigenvalue weighted by Crippen LogP contribution is 2.13. The number of benzene rings is 1. The molecule has 172 valence electrons. The van der Waals surface area contributed by atoms with Crippen molar-refractivity contribution in [2.75, 3.05) is 73.2 Å². The number of halogens is 1. The summed E-state index contributed by atoms with van der Waals surface area (Å²) in [4.78, 5) is 9.33. The zero-order valence-electron chi connectivity index (χ0n) is 18.9. The summed E-state index contributed by atoms with van der Waals surface area (Å²) in [5, 5.41) is 6.76. The van der Waals surface area contributed by atoms with Crippen molar-refractivity contribution < 1.29 is 9.47 Å². The maximum Gasteiger partial charge on any atom is 0.191 e. The van der Waals surface area contributed by atoms with Crippen LogP contribution < -0.4 is 15.4 Å². The van der Waals surface area contributed by atoms with Gasteiger partial charge in [-0.05, 0) is 58.1 Å². The smallest absolute Gasteiger partial charge is 0.191 e. The second-order valence-electron chi connectivity index (χ2n) is 7.58. The Morgan fingerprint density at radius 1 is 1.13 bits per heavy atom. The van der Waals surface area contributed by atoms with Gasteiger partial charge in [0.15, 0.2) is 5.96 Å². The average Bonchev–Trinajstić information content (AvgIpc) is 2.74. The van der Waals surface area contributed by atoms with Gasteiger partial charge in [-0.2, -0.15) is 0 Å². The Morgan fingerprint density at radius 2 is 1.87 bits per heavy atom. The highest BCUT2D eigenvalue weighted by atomic mass is 127. The molecule has 2 rings (SSSR count). The van der Waals surface area contributed by atoms with Crippen molar-refractivity contribution >= 4 is 29.9 Å². The summed E-state index contributed by atoms with van der Waals surface area (Å²) in [5.74, 6) is 1.79. The first kappa shape index (κ1) is 26.9. The maximum absolute atomic E-state index is 5.79. The fraction of sp³-hybridized carbons (Fsp3) is 0.682. The first-order valence-corrected chi connectivity index (χ1v) is 10.9. The van der Waals surface area contributed by atoms with Crippen molar-refractivity contribution in [3.63, 3.8) is 0 Å². The van der Waals surface area contributed by atoms with Crippen LogP contribution in [0.5, 0.6) is 5.75 Å². The topological polar surface area (TPSA) is 61.4 Å². The summed E-state index contributed by atoms with van der Waals surface area (Å²) < 4.78 is 11.2. The molecular weight excluding hydrogens is 493 g/mol. The van der Waals surface area contributed by atoms with Crippen LogP contribution in [0.3, 0.4) is 0 Å². The predicted octanol–water partition coefficient (Wildman–Crippen LogP) is 2.41. The number of rotatable bonds is 12. The molecule has 1 aromatic carbocycles. The van der Waals surface area contributed by atoms with Crippen molar-refractivity contribution in [2.45, 2.75) is 26.3 Å². The molecule has 1 heterocycles. The molecule has 1 fully saturated rings. The minimum atomic E-state index is 0. The highest BCUT2D eigenvalue weighted by molar-refractivity contribution is 14.0. The molecule has 0 atom stereocenters. The van der Waals surface area contributed by atoms with E-state index in [4.69, 9.17) is 14.5 Å². The summed E-state index contributed by atoms with van der Waals surface area (Å²) >= 11 is 0. The number of aliphatic imine (C=N–C) groups is 1. The molecule has 30 heavy (non-hydrogen) atoms. The van der Waals surface area contributed by atoms with Crippen LogP contribution >= 0.6 is 24.0 Å². The lowest BCUT2D eigenvalue weighted by molar-refractivity contribution is 0.0376. The standard InChI is InChI=1S/C22H39N5O2.HI/c1-4-23-22(24-11-5-13-27-14-17-28-18-15-27)25-19-20-7-9-21(10-8-20)29-16-6-12-26(2)3;/h7-10H,4-6,11-19H2,1-3H3,(H2,23,24,25);1H. The molecule has 1 aromatic rings. The molecular formula is C22H40IN5O2. The molecule has 0 aliphatic carbocycles. The molecule has 0 radical (unpaired) electrons. The Bertz CT molecular complexity index is 577. The van der Waals surface area contributed by atoms with Crippen molar-refractivity contribution in [1.29, 1.82) is 0 Å². The number of ether oxygens (including phenoxy) is 2. The van der Waals surface area contributed by atoms with E-state index in [-0.39, 0.29) is 24.0 Å². The van der Waals surface area contributed by atoms with Crippen LogP contribution in [0.15, 0.2) is 29.3 Å². The third kappa shape index (κ3) is 11.9.